The molecule has 0 aliphatic carbocycles. The van der Waals surface area contributed by atoms with Crippen LogP contribution in [0.1, 0.15) is 31.2 Å². The Morgan fingerprint density at radius 2 is 2.00 bits per heavy atom. The van der Waals surface area contributed by atoms with Gasteiger partial charge in [0, 0.05) is 49.0 Å². The van der Waals surface area contributed by atoms with Crippen LogP contribution in [0.2, 0.25) is 0 Å². The van der Waals surface area contributed by atoms with Gasteiger partial charge >= 0.3 is 6.01 Å². The molecule has 2 fully saturated rings. The van der Waals surface area contributed by atoms with E-state index in [0.29, 0.717) is 23.7 Å². The first-order chi connectivity index (χ1) is 21.8. The number of terminal acetylenes is 1. The lowest BCUT2D eigenvalue weighted by Gasteiger charge is -2.32. The van der Waals surface area contributed by atoms with Crippen LogP contribution < -0.4 is 9.64 Å². The van der Waals surface area contributed by atoms with E-state index in [2.05, 4.69) is 31.8 Å². The van der Waals surface area contributed by atoms with Gasteiger partial charge in [0.2, 0.25) is 0 Å². The lowest BCUT2D eigenvalue weighted by molar-refractivity contribution is 0.107. The van der Waals surface area contributed by atoms with Crippen LogP contribution in [0.5, 0.6) is 6.01 Å². The molecule has 3 atom stereocenters. The second kappa shape index (κ2) is 11.3. The molecule has 1 unspecified atom stereocenters. The average Bonchev–Trinajstić information content (AvgIpc) is 3.55. The van der Waals surface area contributed by atoms with Crippen molar-refractivity contribution in [1.82, 2.24) is 19.9 Å². The average molecular weight is 613 g/mol. The van der Waals surface area contributed by atoms with E-state index in [1.165, 1.54) is 18.3 Å². The maximum atomic E-state index is 16.7. The molecule has 0 radical (unpaired) electrons. The Bertz CT molecular complexity index is 1950. The van der Waals surface area contributed by atoms with Gasteiger partial charge in [-0.2, -0.15) is 15.2 Å². The van der Waals surface area contributed by atoms with E-state index < -0.39 is 35.1 Å². The first-order valence-corrected chi connectivity index (χ1v) is 14.8. The fourth-order valence-electron chi connectivity index (χ4n) is 7.15. The third-order valence-corrected chi connectivity index (χ3v) is 9.14. The Morgan fingerprint density at radius 1 is 1.13 bits per heavy atom. The Hall–Kier alpha value is -4.74. The SMILES string of the molecule is C#Cc1c(F)ccc2cccc(-c3ncc4c(N5CC(F)=CC(CC#N)C5)nc(OC[C@@]56CCCN5C[C@H](F)C6)nc4c3F)c12. The van der Waals surface area contributed by atoms with Gasteiger partial charge in [-0.15, -0.1) is 6.42 Å². The van der Waals surface area contributed by atoms with Crippen molar-refractivity contribution in [3.8, 4) is 35.7 Å². The van der Waals surface area contributed by atoms with E-state index in [1.807, 2.05) is 0 Å². The van der Waals surface area contributed by atoms with Crippen LogP contribution in [0.15, 0.2) is 48.4 Å². The van der Waals surface area contributed by atoms with Gasteiger partial charge in [0.05, 0.1) is 29.1 Å². The van der Waals surface area contributed by atoms with Crippen LogP contribution in [0.3, 0.4) is 0 Å². The molecule has 2 aromatic heterocycles. The van der Waals surface area contributed by atoms with Gasteiger partial charge in [0.25, 0.3) is 0 Å². The van der Waals surface area contributed by atoms with Crippen LogP contribution >= 0.6 is 0 Å². The second-order valence-electron chi connectivity index (χ2n) is 12.0. The number of anilines is 1. The van der Waals surface area contributed by atoms with Crippen molar-refractivity contribution in [3.63, 3.8) is 0 Å². The quantitative estimate of drug-likeness (QED) is 0.188. The highest BCUT2D eigenvalue weighted by Crippen LogP contribution is 2.41. The molecule has 2 aromatic carbocycles. The standard InChI is InChI=1S/C34H28F4N6O/c1-2-24-27(37)8-7-21-5-3-6-25(28(21)24)30-29(38)31-26(15-40-30)32(43-16-20(9-11-39)13-22(35)17-43)42-33(41-31)45-19-34-10-4-12-44(34)18-23(36)14-34/h1,3,5-8,13,15,20,23H,4,9-10,12,14,16-19H2/t20?,23-,34+/m1/s1. The molecule has 11 heteroatoms. The van der Waals surface area contributed by atoms with Crippen molar-refractivity contribution in [3.05, 3.63) is 65.6 Å². The minimum absolute atomic E-state index is 0.0148. The van der Waals surface area contributed by atoms with E-state index in [-0.39, 0.29) is 65.7 Å². The number of hydrogen-bond acceptors (Lipinski definition) is 7. The highest BCUT2D eigenvalue weighted by atomic mass is 19.1. The van der Waals surface area contributed by atoms with Crippen LogP contribution in [0, 0.1) is 41.2 Å². The Labute approximate surface area is 257 Å². The van der Waals surface area contributed by atoms with Gasteiger partial charge in [-0.1, -0.05) is 30.2 Å². The number of nitriles is 1. The van der Waals surface area contributed by atoms with Gasteiger partial charge in [-0.3, -0.25) is 9.88 Å². The van der Waals surface area contributed by atoms with Gasteiger partial charge in [0.1, 0.15) is 41.5 Å². The Balaban J connectivity index is 1.37. The van der Waals surface area contributed by atoms with Gasteiger partial charge < -0.3 is 9.64 Å². The number of halogens is 4. The summed E-state index contributed by atoms with van der Waals surface area (Å²) >= 11 is 0. The highest BCUT2D eigenvalue weighted by Gasteiger charge is 2.49. The fourth-order valence-corrected chi connectivity index (χ4v) is 7.15. The van der Waals surface area contributed by atoms with Crippen molar-refractivity contribution in [2.75, 3.05) is 37.7 Å². The number of pyridine rings is 1. The summed E-state index contributed by atoms with van der Waals surface area (Å²) in [5.74, 6) is 0.293. The Morgan fingerprint density at radius 3 is 2.82 bits per heavy atom. The molecule has 7 rings (SSSR count). The van der Waals surface area contributed by atoms with Gasteiger partial charge in [0.15, 0.2) is 5.82 Å². The number of hydrogen-bond donors (Lipinski definition) is 0. The minimum Gasteiger partial charge on any atom is -0.461 e. The van der Waals surface area contributed by atoms with Gasteiger partial charge in [-0.05, 0) is 36.9 Å². The van der Waals surface area contributed by atoms with E-state index >= 15 is 4.39 Å². The summed E-state index contributed by atoms with van der Waals surface area (Å²) in [4.78, 5) is 17.2. The first-order valence-electron chi connectivity index (χ1n) is 14.8. The number of nitrogens with zero attached hydrogens (tertiary/aromatic N) is 6. The number of alkyl halides is 1. The van der Waals surface area contributed by atoms with E-state index in [1.54, 1.807) is 29.2 Å². The highest BCUT2D eigenvalue weighted by molar-refractivity contribution is 6.02. The third-order valence-electron chi connectivity index (χ3n) is 9.14. The number of ether oxygens (including phenoxy) is 1. The van der Waals surface area contributed by atoms with Crippen molar-refractivity contribution >= 4 is 27.5 Å². The van der Waals surface area contributed by atoms with Crippen molar-refractivity contribution in [2.24, 2.45) is 5.92 Å². The topological polar surface area (TPSA) is 78.2 Å². The number of rotatable bonds is 6. The van der Waals surface area contributed by atoms with Crippen LogP contribution in [-0.2, 0) is 0 Å². The number of benzene rings is 2. The predicted octanol–water partition coefficient (Wildman–Crippen LogP) is 6.26. The maximum absolute atomic E-state index is 16.7. The molecule has 0 bridgehead atoms. The minimum atomic E-state index is -0.966. The predicted molar refractivity (Wildman–Crippen MR) is 162 cm³/mol. The first kappa shape index (κ1) is 29.0. The van der Waals surface area contributed by atoms with Gasteiger partial charge in [-0.25, -0.2) is 17.6 Å². The monoisotopic (exact) mass is 612 g/mol. The zero-order valence-corrected chi connectivity index (χ0v) is 24.2. The van der Waals surface area contributed by atoms with Crippen molar-refractivity contribution < 1.29 is 22.3 Å². The lowest BCUT2D eigenvalue weighted by atomic mass is 9.95. The summed E-state index contributed by atoms with van der Waals surface area (Å²) in [6.45, 7) is 1.32. The van der Waals surface area contributed by atoms with E-state index in [0.717, 1.165) is 19.4 Å². The molecule has 0 saturated carbocycles. The largest absolute Gasteiger partial charge is 0.461 e. The second-order valence-corrected chi connectivity index (χ2v) is 12.0. The van der Waals surface area contributed by atoms with Crippen molar-refractivity contribution in [2.45, 2.75) is 37.4 Å². The number of fused-ring (bicyclic) bond motifs is 3. The molecule has 0 N–H and O–H groups in total. The molecular weight excluding hydrogens is 584 g/mol. The van der Waals surface area contributed by atoms with Crippen molar-refractivity contribution in [1.29, 1.82) is 5.26 Å². The maximum Gasteiger partial charge on any atom is 0.319 e. The zero-order valence-electron chi connectivity index (χ0n) is 24.2. The molecule has 5 heterocycles. The van der Waals surface area contributed by atoms with E-state index in [9.17, 15) is 18.4 Å². The summed E-state index contributed by atoms with van der Waals surface area (Å²) in [6, 6.07) is 9.82. The summed E-state index contributed by atoms with van der Waals surface area (Å²) in [5.41, 5.74) is -0.467. The molecule has 3 aliphatic rings. The molecule has 2 saturated heterocycles. The normalized spacial score (nSPS) is 23.2. The summed E-state index contributed by atoms with van der Waals surface area (Å²) in [6.07, 6.45) is 9.59. The fraction of sp³-hybridized carbons (Fsp3) is 0.353. The lowest BCUT2D eigenvalue weighted by Crippen LogP contribution is -2.43. The molecule has 0 spiro atoms. The molecule has 228 valence electrons. The smallest absolute Gasteiger partial charge is 0.319 e. The van der Waals surface area contributed by atoms with Crippen LogP contribution in [0.25, 0.3) is 32.9 Å². The van der Waals surface area contributed by atoms with E-state index in [4.69, 9.17) is 11.2 Å². The number of aromatic nitrogens is 3. The summed E-state index contributed by atoms with van der Waals surface area (Å²) in [5, 5.41) is 10.4. The van der Waals surface area contributed by atoms with Crippen LogP contribution in [0.4, 0.5) is 23.4 Å². The van der Waals surface area contributed by atoms with Crippen LogP contribution in [-0.4, -0.2) is 64.3 Å². The molecular formula is C34H28F4N6O. The molecule has 7 nitrogen and oxygen atoms in total. The molecule has 45 heavy (non-hydrogen) atoms. The zero-order chi connectivity index (χ0) is 31.3. The third kappa shape index (κ3) is 5.01. The molecule has 3 aliphatic heterocycles. The molecule has 0 amide bonds. The Kier molecular flexibility index (Phi) is 7.29. The molecule has 4 aromatic rings. The summed E-state index contributed by atoms with van der Waals surface area (Å²) < 4.78 is 66.8. The summed E-state index contributed by atoms with van der Waals surface area (Å²) in [7, 11) is 0.